The minimum atomic E-state index is 0.0376. The quantitative estimate of drug-likeness (QED) is 0.779. The van der Waals surface area contributed by atoms with E-state index in [9.17, 15) is 4.79 Å². The van der Waals surface area contributed by atoms with Crippen molar-refractivity contribution >= 4 is 17.2 Å². The van der Waals surface area contributed by atoms with E-state index in [4.69, 9.17) is 4.74 Å². The number of amides is 1. The van der Waals surface area contributed by atoms with E-state index >= 15 is 0 Å². The Labute approximate surface area is 183 Å². The maximum atomic E-state index is 13.0. The van der Waals surface area contributed by atoms with Crippen LogP contribution >= 0.6 is 0 Å². The van der Waals surface area contributed by atoms with Gasteiger partial charge in [0.2, 0.25) is 0 Å². The number of aromatic nitrogens is 1. The fraction of sp³-hybridized carbons (Fsp3) is 0.440. The largest absolute Gasteiger partial charge is 0.379 e. The average Bonchev–Trinajstić information content (AvgIpc) is 2.76. The number of carbonyl (C=O) groups excluding carboxylic acids is 1. The van der Waals surface area contributed by atoms with Crippen molar-refractivity contribution in [3.05, 3.63) is 53.9 Å². The molecule has 2 N–H and O–H groups in total. The summed E-state index contributed by atoms with van der Waals surface area (Å²) in [4.78, 5) is 19.9. The van der Waals surface area contributed by atoms with Crippen LogP contribution in [0.1, 0.15) is 37.3 Å². The van der Waals surface area contributed by atoms with Gasteiger partial charge in [-0.05, 0) is 61.6 Å². The molecular weight excluding hydrogens is 388 g/mol. The first-order chi connectivity index (χ1) is 15.2. The molecule has 2 aromatic rings. The van der Waals surface area contributed by atoms with Gasteiger partial charge in [-0.2, -0.15) is 0 Å². The van der Waals surface area contributed by atoms with Crippen molar-refractivity contribution in [2.45, 2.75) is 44.8 Å². The molecule has 31 heavy (non-hydrogen) atoms. The fourth-order valence-electron chi connectivity index (χ4n) is 4.46. The Morgan fingerprint density at radius 1 is 1.19 bits per heavy atom. The lowest BCUT2D eigenvalue weighted by molar-refractivity contribution is -0.116. The predicted molar refractivity (Wildman–Crippen MR) is 123 cm³/mol. The van der Waals surface area contributed by atoms with Gasteiger partial charge in [0.15, 0.2) is 0 Å². The third kappa shape index (κ3) is 4.50. The van der Waals surface area contributed by atoms with Crippen LogP contribution in [0.15, 0.2) is 42.7 Å². The number of morpholine rings is 1. The molecule has 2 aliphatic heterocycles. The molecule has 5 rings (SSSR count). The summed E-state index contributed by atoms with van der Waals surface area (Å²) in [5.41, 5.74) is 6.09. The van der Waals surface area contributed by atoms with Crippen molar-refractivity contribution in [2.24, 2.45) is 0 Å². The van der Waals surface area contributed by atoms with E-state index in [-0.39, 0.29) is 11.9 Å². The molecule has 0 radical (unpaired) electrons. The van der Waals surface area contributed by atoms with Crippen LogP contribution in [-0.2, 0) is 16.1 Å². The van der Waals surface area contributed by atoms with E-state index in [0.717, 1.165) is 73.6 Å². The number of benzene rings is 1. The summed E-state index contributed by atoms with van der Waals surface area (Å²) in [5.74, 6) is 0.0376. The number of carbonyl (C=O) groups is 1. The van der Waals surface area contributed by atoms with Gasteiger partial charge in [0.25, 0.3) is 5.91 Å². The molecule has 1 aliphatic carbocycles. The standard InChI is InChI=1S/C25H30N4O2/c1-17-11-23(25(30)28-21-3-2-4-21)22-13-19(5-6-24(22)27-17)20-12-18(14-26-15-20)16-29-7-9-31-10-8-29/h5-6,11-15,17,21,27H,2-4,7-10,16H2,1H3,(H,28,30). The molecule has 2 fully saturated rings. The topological polar surface area (TPSA) is 66.5 Å². The minimum absolute atomic E-state index is 0.0376. The molecule has 3 heterocycles. The molecule has 1 aromatic carbocycles. The zero-order chi connectivity index (χ0) is 21.2. The molecule has 1 aromatic heterocycles. The highest BCUT2D eigenvalue weighted by Crippen LogP contribution is 2.34. The van der Waals surface area contributed by atoms with Gasteiger partial charge < -0.3 is 15.4 Å². The summed E-state index contributed by atoms with van der Waals surface area (Å²) in [6.07, 6.45) is 9.26. The molecule has 3 aliphatic rings. The van der Waals surface area contributed by atoms with Crippen molar-refractivity contribution in [2.75, 3.05) is 31.6 Å². The number of fused-ring (bicyclic) bond motifs is 1. The molecule has 6 nitrogen and oxygen atoms in total. The molecule has 0 spiro atoms. The fourth-order valence-corrected chi connectivity index (χ4v) is 4.46. The smallest absolute Gasteiger partial charge is 0.251 e. The van der Waals surface area contributed by atoms with Crippen LogP contribution in [0.4, 0.5) is 5.69 Å². The molecule has 1 amide bonds. The molecule has 1 saturated carbocycles. The molecular formula is C25H30N4O2. The Bertz CT molecular complexity index is 993. The highest BCUT2D eigenvalue weighted by atomic mass is 16.5. The van der Waals surface area contributed by atoms with Gasteiger partial charge in [-0.3, -0.25) is 14.7 Å². The van der Waals surface area contributed by atoms with E-state index in [2.05, 4.69) is 51.7 Å². The van der Waals surface area contributed by atoms with Gasteiger partial charge in [-0.1, -0.05) is 6.07 Å². The Morgan fingerprint density at radius 3 is 2.81 bits per heavy atom. The second-order valence-electron chi connectivity index (χ2n) is 8.85. The zero-order valence-electron chi connectivity index (χ0n) is 18.1. The maximum absolute atomic E-state index is 13.0. The van der Waals surface area contributed by atoms with Crippen LogP contribution in [0.5, 0.6) is 0 Å². The van der Waals surface area contributed by atoms with E-state index in [1.165, 1.54) is 12.0 Å². The van der Waals surface area contributed by atoms with Crippen molar-refractivity contribution in [1.29, 1.82) is 0 Å². The van der Waals surface area contributed by atoms with Crippen molar-refractivity contribution in [1.82, 2.24) is 15.2 Å². The molecule has 1 unspecified atom stereocenters. The number of nitrogens with one attached hydrogen (secondary N) is 2. The van der Waals surface area contributed by atoms with Crippen LogP contribution in [0.2, 0.25) is 0 Å². The second kappa shape index (κ2) is 8.81. The van der Waals surface area contributed by atoms with E-state index < -0.39 is 0 Å². The van der Waals surface area contributed by atoms with Crippen LogP contribution in [0, 0.1) is 0 Å². The number of nitrogens with zero attached hydrogens (tertiary/aromatic N) is 2. The summed E-state index contributed by atoms with van der Waals surface area (Å²) in [6, 6.07) is 8.97. The third-order valence-corrected chi connectivity index (χ3v) is 6.43. The zero-order valence-corrected chi connectivity index (χ0v) is 18.1. The molecule has 6 heteroatoms. The summed E-state index contributed by atoms with van der Waals surface area (Å²) in [7, 11) is 0. The Balaban J connectivity index is 1.40. The number of hydrogen-bond acceptors (Lipinski definition) is 5. The monoisotopic (exact) mass is 418 g/mol. The van der Waals surface area contributed by atoms with E-state index in [0.29, 0.717) is 6.04 Å². The second-order valence-corrected chi connectivity index (χ2v) is 8.85. The lowest BCUT2D eigenvalue weighted by atomic mass is 9.90. The number of hydrogen-bond donors (Lipinski definition) is 2. The van der Waals surface area contributed by atoms with Crippen molar-refractivity contribution in [3.8, 4) is 11.1 Å². The van der Waals surface area contributed by atoms with Crippen molar-refractivity contribution in [3.63, 3.8) is 0 Å². The SMILES string of the molecule is CC1C=C(C(=O)NC2CCC2)c2cc(-c3cncc(CN4CCOCC4)c3)ccc2N1. The first-order valence-corrected chi connectivity index (χ1v) is 11.3. The average molecular weight is 419 g/mol. The van der Waals surface area contributed by atoms with Crippen LogP contribution in [-0.4, -0.2) is 54.2 Å². The molecule has 1 saturated heterocycles. The Morgan fingerprint density at radius 2 is 2.03 bits per heavy atom. The number of ether oxygens (including phenoxy) is 1. The first kappa shape index (κ1) is 20.2. The molecule has 162 valence electrons. The lowest BCUT2D eigenvalue weighted by Gasteiger charge is -2.29. The summed E-state index contributed by atoms with van der Waals surface area (Å²) < 4.78 is 5.45. The lowest BCUT2D eigenvalue weighted by Crippen LogP contribution is -2.40. The third-order valence-electron chi connectivity index (χ3n) is 6.43. The highest BCUT2D eigenvalue weighted by molar-refractivity contribution is 6.22. The maximum Gasteiger partial charge on any atom is 0.251 e. The van der Waals surface area contributed by atoms with Gasteiger partial charge in [-0.25, -0.2) is 0 Å². The Hall–Kier alpha value is -2.70. The van der Waals surface area contributed by atoms with Crippen molar-refractivity contribution < 1.29 is 9.53 Å². The van der Waals surface area contributed by atoms with E-state index in [1.54, 1.807) is 0 Å². The number of anilines is 1. The molecule has 0 bridgehead atoms. The van der Waals surface area contributed by atoms with E-state index in [1.807, 2.05) is 18.5 Å². The summed E-state index contributed by atoms with van der Waals surface area (Å²) >= 11 is 0. The van der Waals surface area contributed by atoms with Crippen LogP contribution in [0.25, 0.3) is 16.7 Å². The number of pyridine rings is 1. The van der Waals surface area contributed by atoms with Crippen LogP contribution in [0.3, 0.4) is 0 Å². The minimum Gasteiger partial charge on any atom is -0.379 e. The Kier molecular flexibility index (Phi) is 5.74. The van der Waals surface area contributed by atoms with Gasteiger partial charge in [0, 0.05) is 66.5 Å². The summed E-state index contributed by atoms with van der Waals surface area (Å²) in [6.45, 7) is 6.45. The van der Waals surface area contributed by atoms with Gasteiger partial charge in [0.05, 0.1) is 13.2 Å². The predicted octanol–water partition coefficient (Wildman–Crippen LogP) is 3.45. The first-order valence-electron chi connectivity index (χ1n) is 11.3. The normalized spacial score (nSPS) is 21.5. The highest BCUT2D eigenvalue weighted by Gasteiger charge is 2.26. The number of rotatable bonds is 5. The van der Waals surface area contributed by atoms with Gasteiger partial charge >= 0.3 is 0 Å². The summed E-state index contributed by atoms with van der Waals surface area (Å²) in [5, 5.41) is 6.68. The molecule has 1 atom stereocenters. The van der Waals surface area contributed by atoms with Gasteiger partial charge in [0.1, 0.15) is 0 Å². The van der Waals surface area contributed by atoms with Gasteiger partial charge in [-0.15, -0.1) is 0 Å². The van der Waals surface area contributed by atoms with Crippen LogP contribution < -0.4 is 10.6 Å².